The SMILES string of the molecule is CCn1cnnc1CNC(=O)C1CC1c1cccc(Br)c1. The highest BCUT2D eigenvalue weighted by Gasteiger charge is 2.43. The van der Waals surface area contributed by atoms with Crippen molar-refractivity contribution >= 4 is 21.8 Å². The minimum absolute atomic E-state index is 0.0808. The summed E-state index contributed by atoms with van der Waals surface area (Å²) in [6.07, 6.45) is 2.60. The Bertz CT molecular complexity index is 655. The molecular weight excluding hydrogens is 332 g/mol. The summed E-state index contributed by atoms with van der Waals surface area (Å²) in [5.41, 5.74) is 1.22. The van der Waals surface area contributed by atoms with E-state index in [1.165, 1.54) is 5.56 Å². The molecule has 1 heterocycles. The van der Waals surface area contributed by atoms with Crippen LogP contribution in [0.1, 0.15) is 30.7 Å². The number of hydrogen-bond donors (Lipinski definition) is 1. The number of hydrogen-bond acceptors (Lipinski definition) is 3. The maximum atomic E-state index is 12.2. The number of amides is 1. The monoisotopic (exact) mass is 348 g/mol. The smallest absolute Gasteiger partial charge is 0.224 e. The normalized spacial score (nSPS) is 20.3. The molecule has 2 atom stereocenters. The van der Waals surface area contributed by atoms with E-state index in [0.29, 0.717) is 12.5 Å². The Balaban J connectivity index is 1.56. The van der Waals surface area contributed by atoms with Crippen molar-refractivity contribution in [3.8, 4) is 0 Å². The average Bonchev–Trinajstić information content (AvgIpc) is 3.16. The van der Waals surface area contributed by atoms with Crippen molar-refractivity contribution < 1.29 is 4.79 Å². The van der Waals surface area contributed by atoms with E-state index in [2.05, 4.69) is 43.6 Å². The van der Waals surface area contributed by atoms with Crippen LogP contribution in [0.3, 0.4) is 0 Å². The molecule has 2 aromatic rings. The first-order valence-corrected chi connectivity index (χ1v) is 7.88. The Hall–Kier alpha value is -1.69. The second-order valence-corrected chi connectivity index (χ2v) is 6.17. The average molecular weight is 349 g/mol. The summed E-state index contributed by atoms with van der Waals surface area (Å²) in [5.74, 6) is 1.32. The van der Waals surface area contributed by atoms with Gasteiger partial charge in [0, 0.05) is 16.9 Å². The number of aryl methyl sites for hydroxylation is 1. The zero-order chi connectivity index (χ0) is 14.8. The van der Waals surface area contributed by atoms with Crippen LogP contribution in [-0.2, 0) is 17.9 Å². The molecule has 0 spiro atoms. The molecule has 1 amide bonds. The van der Waals surface area contributed by atoms with Crippen LogP contribution in [0.5, 0.6) is 0 Å². The molecule has 3 rings (SSSR count). The molecule has 1 saturated carbocycles. The first-order valence-electron chi connectivity index (χ1n) is 7.09. The highest BCUT2D eigenvalue weighted by Crippen LogP contribution is 2.47. The Morgan fingerprint density at radius 1 is 1.52 bits per heavy atom. The van der Waals surface area contributed by atoms with Crippen LogP contribution < -0.4 is 5.32 Å². The molecule has 2 unspecified atom stereocenters. The van der Waals surface area contributed by atoms with E-state index in [4.69, 9.17) is 0 Å². The summed E-state index contributed by atoms with van der Waals surface area (Å²) in [6, 6.07) is 8.18. The maximum Gasteiger partial charge on any atom is 0.224 e. The summed E-state index contributed by atoms with van der Waals surface area (Å²) < 4.78 is 2.99. The molecule has 0 bridgehead atoms. The van der Waals surface area contributed by atoms with Gasteiger partial charge in [-0.05, 0) is 37.0 Å². The molecular formula is C15H17BrN4O. The quantitative estimate of drug-likeness (QED) is 0.902. The van der Waals surface area contributed by atoms with Crippen LogP contribution in [0, 0.1) is 5.92 Å². The van der Waals surface area contributed by atoms with Gasteiger partial charge in [0.05, 0.1) is 6.54 Å². The predicted octanol–water partition coefficient (Wildman–Crippen LogP) is 2.48. The van der Waals surface area contributed by atoms with Crippen molar-refractivity contribution in [2.24, 2.45) is 5.92 Å². The van der Waals surface area contributed by atoms with E-state index in [-0.39, 0.29) is 11.8 Å². The molecule has 1 aliphatic rings. The number of carbonyl (C=O) groups excluding carboxylic acids is 1. The number of nitrogens with one attached hydrogen (secondary N) is 1. The van der Waals surface area contributed by atoms with Gasteiger partial charge in [-0.1, -0.05) is 28.1 Å². The van der Waals surface area contributed by atoms with E-state index in [1.807, 2.05) is 23.6 Å². The number of nitrogens with zero attached hydrogens (tertiary/aromatic N) is 3. The Kier molecular flexibility index (Phi) is 4.05. The molecule has 21 heavy (non-hydrogen) atoms. The van der Waals surface area contributed by atoms with Gasteiger partial charge in [-0.25, -0.2) is 0 Å². The molecule has 0 saturated heterocycles. The molecule has 0 aliphatic heterocycles. The van der Waals surface area contributed by atoms with Crippen molar-refractivity contribution in [1.29, 1.82) is 0 Å². The zero-order valence-corrected chi connectivity index (χ0v) is 13.4. The first-order chi connectivity index (χ1) is 10.2. The fourth-order valence-corrected chi connectivity index (χ4v) is 2.98. The van der Waals surface area contributed by atoms with Crippen molar-refractivity contribution in [2.75, 3.05) is 0 Å². The van der Waals surface area contributed by atoms with Gasteiger partial charge in [0.25, 0.3) is 0 Å². The Morgan fingerprint density at radius 3 is 3.14 bits per heavy atom. The van der Waals surface area contributed by atoms with Gasteiger partial charge in [0.2, 0.25) is 5.91 Å². The van der Waals surface area contributed by atoms with Crippen molar-refractivity contribution in [1.82, 2.24) is 20.1 Å². The van der Waals surface area contributed by atoms with Crippen molar-refractivity contribution in [2.45, 2.75) is 32.4 Å². The third kappa shape index (κ3) is 3.15. The van der Waals surface area contributed by atoms with Crippen LogP contribution >= 0.6 is 15.9 Å². The van der Waals surface area contributed by atoms with Crippen molar-refractivity contribution in [3.05, 3.63) is 46.5 Å². The van der Waals surface area contributed by atoms with E-state index in [0.717, 1.165) is 23.3 Å². The molecule has 1 aliphatic carbocycles. The van der Waals surface area contributed by atoms with E-state index in [9.17, 15) is 4.79 Å². The molecule has 1 N–H and O–H groups in total. The lowest BCUT2D eigenvalue weighted by Gasteiger charge is -2.06. The minimum atomic E-state index is 0.0808. The predicted molar refractivity (Wildman–Crippen MR) is 82.5 cm³/mol. The number of benzene rings is 1. The zero-order valence-electron chi connectivity index (χ0n) is 11.8. The van der Waals surface area contributed by atoms with Crippen LogP contribution in [0.15, 0.2) is 35.1 Å². The number of halogens is 1. The Morgan fingerprint density at radius 2 is 2.38 bits per heavy atom. The topological polar surface area (TPSA) is 59.8 Å². The van der Waals surface area contributed by atoms with Gasteiger partial charge < -0.3 is 9.88 Å². The van der Waals surface area contributed by atoms with Crippen LogP contribution in [0.2, 0.25) is 0 Å². The third-order valence-corrected chi connectivity index (χ3v) is 4.35. The molecule has 1 aromatic heterocycles. The first kappa shape index (κ1) is 14.3. The second-order valence-electron chi connectivity index (χ2n) is 5.25. The highest BCUT2D eigenvalue weighted by molar-refractivity contribution is 9.10. The third-order valence-electron chi connectivity index (χ3n) is 3.86. The molecule has 0 radical (unpaired) electrons. The Labute approximate surface area is 131 Å². The lowest BCUT2D eigenvalue weighted by molar-refractivity contribution is -0.122. The lowest BCUT2D eigenvalue weighted by Crippen LogP contribution is -2.26. The number of aromatic nitrogens is 3. The van der Waals surface area contributed by atoms with Gasteiger partial charge in [0.15, 0.2) is 5.82 Å². The van der Waals surface area contributed by atoms with Gasteiger partial charge in [0.1, 0.15) is 6.33 Å². The van der Waals surface area contributed by atoms with Crippen molar-refractivity contribution in [3.63, 3.8) is 0 Å². The molecule has 5 nitrogen and oxygen atoms in total. The van der Waals surface area contributed by atoms with Crippen LogP contribution in [0.25, 0.3) is 0 Å². The highest BCUT2D eigenvalue weighted by atomic mass is 79.9. The summed E-state index contributed by atoms with van der Waals surface area (Å²) in [7, 11) is 0. The van der Waals surface area contributed by atoms with Crippen LogP contribution in [-0.4, -0.2) is 20.7 Å². The molecule has 1 aromatic carbocycles. The summed E-state index contributed by atoms with van der Waals surface area (Å²) in [6.45, 7) is 3.27. The molecule has 1 fully saturated rings. The van der Waals surface area contributed by atoms with E-state index >= 15 is 0 Å². The minimum Gasteiger partial charge on any atom is -0.349 e. The van der Waals surface area contributed by atoms with E-state index < -0.39 is 0 Å². The fraction of sp³-hybridized carbons (Fsp3) is 0.400. The molecule has 6 heteroatoms. The van der Waals surface area contributed by atoms with E-state index in [1.54, 1.807) is 6.33 Å². The van der Waals surface area contributed by atoms with Gasteiger partial charge in [-0.3, -0.25) is 4.79 Å². The second kappa shape index (κ2) is 5.97. The lowest BCUT2D eigenvalue weighted by atomic mass is 10.1. The maximum absolute atomic E-state index is 12.2. The summed E-state index contributed by atoms with van der Waals surface area (Å²) in [4.78, 5) is 12.2. The standard InChI is InChI=1S/C15H17BrN4O/c1-2-20-9-18-19-14(20)8-17-15(21)13-7-12(13)10-4-3-5-11(16)6-10/h3-6,9,12-13H,2,7-8H2,1H3,(H,17,21). The van der Waals surface area contributed by atoms with Crippen LogP contribution in [0.4, 0.5) is 0 Å². The fourth-order valence-electron chi connectivity index (χ4n) is 2.57. The van der Waals surface area contributed by atoms with Gasteiger partial charge in [-0.2, -0.15) is 0 Å². The summed E-state index contributed by atoms with van der Waals surface area (Å²) in [5, 5.41) is 10.8. The largest absolute Gasteiger partial charge is 0.349 e. The summed E-state index contributed by atoms with van der Waals surface area (Å²) >= 11 is 3.47. The molecule has 110 valence electrons. The number of rotatable bonds is 5. The number of carbonyl (C=O) groups is 1. The van der Waals surface area contributed by atoms with Gasteiger partial charge in [-0.15, -0.1) is 10.2 Å². The van der Waals surface area contributed by atoms with Gasteiger partial charge >= 0.3 is 0 Å².